The highest BCUT2D eigenvalue weighted by molar-refractivity contribution is 5.80. The molecular formula is C10H9N3O4. The van der Waals surface area contributed by atoms with Crippen LogP contribution in [0.2, 0.25) is 0 Å². The lowest BCUT2D eigenvalue weighted by Gasteiger charge is -2.08. The van der Waals surface area contributed by atoms with Crippen LogP contribution < -0.4 is 17.0 Å². The number of aldehydes is 1. The van der Waals surface area contributed by atoms with Crippen LogP contribution in [0.4, 0.5) is 5.82 Å². The van der Waals surface area contributed by atoms with Crippen LogP contribution in [0.25, 0.3) is 0 Å². The molecule has 2 rings (SSSR count). The molecule has 0 atom stereocenters. The number of anilines is 1. The maximum atomic E-state index is 11.5. The monoisotopic (exact) mass is 235 g/mol. The van der Waals surface area contributed by atoms with Gasteiger partial charge < -0.3 is 10.2 Å². The van der Waals surface area contributed by atoms with Crippen LogP contribution in [0.3, 0.4) is 0 Å². The summed E-state index contributed by atoms with van der Waals surface area (Å²) in [5.41, 5.74) is 3.84. The molecule has 2 aromatic rings. The normalized spacial score (nSPS) is 10.4. The number of aromatic nitrogens is 2. The van der Waals surface area contributed by atoms with E-state index in [1.807, 2.05) is 4.98 Å². The minimum Gasteiger partial charge on any atom is -0.467 e. The fourth-order valence-corrected chi connectivity index (χ4v) is 1.43. The maximum Gasteiger partial charge on any atom is 0.330 e. The van der Waals surface area contributed by atoms with Gasteiger partial charge >= 0.3 is 5.69 Å². The Morgan fingerprint density at radius 3 is 2.82 bits per heavy atom. The van der Waals surface area contributed by atoms with E-state index in [1.54, 1.807) is 12.1 Å². The number of nitrogens with one attached hydrogen (secondary N) is 1. The van der Waals surface area contributed by atoms with Gasteiger partial charge in [-0.25, -0.2) is 4.79 Å². The molecule has 17 heavy (non-hydrogen) atoms. The molecule has 0 bridgehead atoms. The molecule has 0 radical (unpaired) electrons. The molecule has 0 fully saturated rings. The van der Waals surface area contributed by atoms with Gasteiger partial charge in [-0.1, -0.05) is 0 Å². The summed E-state index contributed by atoms with van der Waals surface area (Å²) in [7, 11) is 0. The van der Waals surface area contributed by atoms with Crippen LogP contribution in [0.5, 0.6) is 0 Å². The van der Waals surface area contributed by atoms with Crippen molar-refractivity contribution in [2.24, 2.45) is 0 Å². The molecule has 0 unspecified atom stereocenters. The van der Waals surface area contributed by atoms with Crippen LogP contribution >= 0.6 is 0 Å². The van der Waals surface area contributed by atoms with E-state index < -0.39 is 11.2 Å². The number of hydrogen-bond acceptors (Lipinski definition) is 5. The third kappa shape index (κ3) is 1.89. The molecule has 0 aliphatic heterocycles. The van der Waals surface area contributed by atoms with Crippen molar-refractivity contribution in [1.82, 2.24) is 9.55 Å². The van der Waals surface area contributed by atoms with Crippen molar-refractivity contribution in [2.75, 3.05) is 5.73 Å². The smallest absolute Gasteiger partial charge is 0.330 e. The summed E-state index contributed by atoms with van der Waals surface area (Å²) in [6.45, 7) is 0.0509. The summed E-state index contributed by atoms with van der Waals surface area (Å²) >= 11 is 0. The van der Waals surface area contributed by atoms with Gasteiger partial charge in [0.1, 0.15) is 17.1 Å². The van der Waals surface area contributed by atoms with Crippen molar-refractivity contribution in [3.8, 4) is 0 Å². The Labute approximate surface area is 94.5 Å². The van der Waals surface area contributed by atoms with Crippen LogP contribution in [-0.4, -0.2) is 15.8 Å². The van der Waals surface area contributed by atoms with Crippen molar-refractivity contribution in [1.29, 1.82) is 0 Å². The summed E-state index contributed by atoms with van der Waals surface area (Å²) < 4.78 is 6.12. The minimum absolute atomic E-state index is 0.0509. The number of nitrogens with two attached hydrogens (primary N) is 1. The lowest BCUT2D eigenvalue weighted by Crippen LogP contribution is -2.34. The molecule has 0 aliphatic carbocycles. The van der Waals surface area contributed by atoms with Crippen molar-refractivity contribution >= 4 is 12.1 Å². The van der Waals surface area contributed by atoms with E-state index in [4.69, 9.17) is 10.2 Å². The van der Waals surface area contributed by atoms with Gasteiger partial charge in [0.25, 0.3) is 5.56 Å². The van der Waals surface area contributed by atoms with Gasteiger partial charge in [0.05, 0.1) is 12.8 Å². The van der Waals surface area contributed by atoms with Crippen molar-refractivity contribution in [3.63, 3.8) is 0 Å². The topological polar surface area (TPSA) is 111 Å². The maximum absolute atomic E-state index is 11.5. The number of nitrogen functional groups attached to an aromatic ring is 1. The third-order valence-corrected chi connectivity index (χ3v) is 2.29. The van der Waals surface area contributed by atoms with Crippen molar-refractivity contribution in [2.45, 2.75) is 6.54 Å². The number of nitrogens with zero attached hydrogens (tertiary/aromatic N) is 1. The fourth-order valence-electron chi connectivity index (χ4n) is 1.43. The molecule has 0 saturated heterocycles. The molecule has 88 valence electrons. The lowest BCUT2D eigenvalue weighted by atomic mass is 10.3. The van der Waals surface area contributed by atoms with Gasteiger partial charge in [-0.05, 0) is 12.1 Å². The molecule has 3 N–H and O–H groups in total. The number of furan rings is 1. The summed E-state index contributed by atoms with van der Waals surface area (Å²) in [6, 6.07) is 3.31. The SMILES string of the molecule is Nc1c(C=O)c(=O)[nH]c(=O)n1Cc1ccco1. The zero-order valence-corrected chi connectivity index (χ0v) is 8.67. The highest BCUT2D eigenvalue weighted by atomic mass is 16.3. The molecule has 0 saturated carbocycles. The predicted octanol–water partition coefficient (Wildman–Crippen LogP) is -0.427. The Morgan fingerprint density at radius 2 is 2.24 bits per heavy atom. The lowest BCUT2D eigenvalue weighted by molar-refractivity contribution is 0.112. The average molecular weight is 235 g/mol. The van der Waals surface area contributed by atoms with Gasteiger partial charge in [0, 0.05) is 0 Å². The molecular weight excluding hydrogens is 226 g/mol. The largest absolute Gasteiger partial charge is 0.467 e. The second kappa shape index (κ2) is 4.12. The number of carbonyl (C=O) groups is 1. The van der Waals surface area contributed by atoms with Crippen LogP contribution in [-0.2, 0) is 6.54 Å². The fraction of sp³-hybridized carbons (Fsp3) is 0.100. The molecule has 0 aliphatic rings. The summed E-state index contributed by atoms with van der Waals surface area (Å²) in [4.78, 5) is 35.5. The van der Waals surface area contributed by atoms with E-state index in [0.29, 0.717) is 12.0 Å². The highest BCUT2D eigenvalue weighted by Gasteiger charge is 2.12. The van der Waals surface area contributed by atoms with Crippen molar-refractivity contribution in [3.05, 3.63) is 50.6 Å². The van der Waals surface area contributed by atoms with Crippen LogP contribution in [0.15, 0.2) is 32.4 Å². The van der Waals surface area contributed by atoms with E-state index >= 15 is 0 Å². The van der Waals surface area contributed by atoms with Gasteiger partial charge in [0.2, 0.25) is 0 Å². The van der Waals surface area contributed by atoms with Crippen molar-refractivity contribution < 1.29 is 9.21 Å². The summed E-state index contributed by atoms with van der Waals surface area (Å²) in [5.74, 6) is 0.313. The Kier molecular flexibility index (Phi) is 2.65. The average Bonchev–Trinajstić information content (AvgIpc) is 2.77. The summed E-state index contributed by atoms with van der Waals surface area (Å²) in [5, 5.41) is 0. The van der Waals surface area contributed by atoms with E-state index in [-0.39, 0.29) is 17.9 Å². The van der Waals surface area contributed by atoms with E-state index in [1.165, 1.54) is 6.26 Å². The summed E-state index contributed by atoms with van der Waals surface area (Å²) in [6.07, 6.45) is 1.76. The first-order valence-electron chi connectivity index (χ1n) is 4.73. The van der Waals surface area contributed by atoms with Gasteiger partial charge in [-0.2, -0.15) is 0 Å². The minimum atomic E-state index is -0.793. The second-order valence-electron chi connectivity index (χ2n) is 3.34. The predicted molar refractivity (Wildman–Crippen MR) is 58.9 cm³/mol. The first-order valence-corrected chi connectivity index (χ1v) is 4.73. The third-order valence-electron chi connectivity index (χ3n) is 2.29. The first-order chi connectivity index (χ1) is 8.13. The van der Waals surface area contributed by atoms with E-state index in [9.17, 15) is 14.4 Å². The van der Waals surface area contributed by atoms with E-state index in [2.05, 4.69) is 0 Å². The molecule has 7 heteroatoms. The molecule has 2 aromatic heterocycles. The number of H-pyrrole nitrogens is 1. The van der Waals surface area contributed by atoms with Crippen LogP contribution in [0, 0.1) is 0 Å². The van der Waals surface area contributed by atoms with E-state index in [0.717, 1.165) is 4.57 Å². The standard InChI is InChI=1S/C10H9N3O4/c11-8-7(5-14)9(15)12-10(16)13(8)4-6-2-1-3-17-6/h1-3,5H,4,11H2,(H,12,15,16). The Bertz CT molecular complexity index is 651. The first kappa shape index (κ1) is 10.9. The number of hydrogen-bond donors (Lipinski definition) is 2. The second-order valence-corrected chi connectivity index (χ2v) is 3.34. The van der Waals surface area contributed by atoms with Gasteiger partial charge in [-0.15, -0.1) is 0 Å². The van der Waals surface area contributed by atoms with Crippen LogP contribution in [0.1, 0.15) is 16.1 Å². The Morgan fingerprint density at radius 1 is 1.47 bits per heavy atom. The zero-order valence-electron chi connectivity index (χ0n) is 8.67. The Hall–Kier alpha value is -2.57. The number of rotatable bonds is 3. The quantitative estimate of drug-likeness (QED) is 0.701. The highest BCUT2D eigenvalue weighted by Crippen LogP contribution is 2.06. The van der Waals surface area contributed by atoms with Gasteiger partial charge in [-0.3, -0.25) is 19.1 Å². The molecule has 0 amide bonds. The number of aromatic amines is 1. The Balaban J connectivity index is 2.58. The zero-order chi connectivity index (χ0) is 12.4. The molecule has 2 heterocycles. The molecule has 0 spiro atoms. The molecule has 0 aromatic carbocycles. The van der Waals surface area contributed by atoms with Gasteiger partial charge in [0.15, 0.2) is 6.29 Å². The molecule has 7 nitrogen and oxygen atoms in total. The number of carbonyl (C=O) groups excluding carboxylic acids is 1.